The van der Waals surface area contributed by atoms with Crippen LogP contribution in [0.25, 0.3) is 0 Å². The van der Waals surface area contributed by atoms with Crippen molar-refractivity contribution in [1.29, 1.82) is 0 Å². The molecule has 0 aliphatic heterocycles. The van der Waals surface area contributed by atoms with Crippen LogP contribution in [-0.4, -0.2) is 29.3 Å². The zero-order valence-corrected chi connectivity index (χ0v) is 11.2. The van der Waals surface area contributed by atoms with Gasteiger partial charge in [0.15, 0.2) is 0 Å². The Bertz CT molecular complexity index is 386. The molecule has 1 amide bonds. The number of carbonyl (C=O) groups is 1. The normalized spacial score (nSPS) is 31.5. The third-order valence-corrected chi connectivity index (χ3v) is 4.25. The summed E-state index contributed by atoms with van der Waals surface area (Å²) < 4.78 is 38.2. The molecule has 0 aromatic heterocycles. The van der Waals surface area contributed by atoms with Gasteiger partial charge in [-0.25, -0.2) is 0 Å². The molecular formula is C14H20F3NO2. The zero-order valence-electron chi connectivity index (χ0n) is 11.2. The van der Waals surface area contributed by atoms with E-state index in [9.17, 15) is 23.1 Å². The third-order valence-electron chi connectivity index (χ3n) is 4.25. The lowest BCUT2D eigenvalue weighted by atomic mass is 9.77. The average molecular weight is 291 g/mol. The van der Waals surface area contributed by atoms with Gasteiger partial charge in [-0.15, -0.1) is 0 Å². The maximum Gasteiger partial charge on any atom is 0.391 e. The molecule has 0 bridgehead atoms. The largest absolute Gasteiger partial charge is 0.391 e. The maximum absolute atomic E-state index is 12.7. The number of aliphatic hydroxyl groups is 1. The second-order valence-electron chi connectivity index (χ2n) is 5.92. The van der Waals surface area contributed by atoms with E-state index >= 15 is 0 Å². The van der Waals surface area contributed by atoms with E-state index in [0.717, 1.165) is 0 Å². The summed E-state index contributed by atoms with van der Waals surface area (Å²) in [5.74, 6) is -1.79. The first-order chi connectivity index (χ1) is 9.30. The fourth-order valence-electron chi connectivity index (χ4n) is 3.01. The van der Waals surface area contributed by atoms with Gasteiger partial charge in [0, 0.05) is 12.5 Å². The number of rotatable bonds is 3. The molecule has 1 saturated carbocycles. The number of halogens is 3. The highest BCUT2D eigenvalue weighted by molar-refractivity contribution is 5.79. The fraction of sp³-hybridized carbons (Fsp3) is 0.786. The van der Waals surface area contributed by atoms with E-state index in [-0.39, 0.29) is 31.2 Å². The minimum atomic E-state index is -4.27. The molecule has 0 aromatic carbocycles. The molecule has 2 atom stereocenters. The highest BCUT2D eigenvalue weighted by atomic mass is 19.4. The van der Waals surface area contributed by atoms with Crippen LogP contribution >= 0.6 is 0 Å². The molecule has 0 radical (unpaired) electrons. The van der Waals surface area contributed by atoms with Crippen LogP contribution in [0.5, 0.6) is 0 Å². The molecule has 0 saturated heterocycles. The Hall–Kier alpha value is -1.04. The monoisotopic (exact) mass is 291 g/mol. The molecule has 2 aliphatic carbocycles. The first-order valence-corrected chi connectivity index (χ1v) is 7.02. The number of nitrogens with one attached hydrogen (secondary N) is 1. The summed E-state index contributed by atoms with van der Waals surface area (Å²) in [4.78, 5) is 11.8. The van der Waals surface area contributed by atoms with E-state index in [1.54, 1.807) is 0 Å². The number of hydrogen-bond acceptors (Lipinski definition) is 2. The van der Waals surface area contributed by atoms with Gasteiger partial charge in [-0.05, 0) is 38.5 Å². The summed E-state index contributed by atoms with van der Waals surface area (Å²) in [5, 5.41) is 12.9. The van der Waals surface area contributed by atoms with Gasteiger partial charge >= 0.3 is 6.18 Å². The summed E-state index contributed by atoms with van der Waals surface area (Å²) >= 11 is 0. The lowest BCUT2D eigenvalue weighted by Gasteiger charge is -2.37. The van der Waals surface area contributed by atoms with Crippen LogP contribution < -0.4 is 5.32 Å². The summed E-state index contributed by atoms with van der Waals surface area (Å²) in [5.41, 5.74) is -1.43. The standard InChI is InChI=1S/C14H20F3NO2/c15-14(16,17)11-6-3-7-13(20,8-11)9-18-12(19)10-4-1-2-5-10/h1-2,10-11,20H,3-9H2,(H,18,19)/t11-,13+/m1/s1. The molecular weight excluding hydrogens is 271 g/mol. The minimum Gasteiger partial charge on any atom is -0.388 e. The smallest absolute Gasteiger partial charge is 0.388 e. The molecule has 6 heteroatoms. The Balaban J connectivity index is 1.85. The van der Waals surface area contributed by atoms with Crippen molar-refractivity contribution in [2.24, 2.45) is 11.8 Å². The van der Waals surface area contributed by atoms with Crippen molar-refractivity contribution in [3.05, 3.63) is 12.2 Å². The Morgan fingerprint density at radius 2 is 2.00 bits per heavy atom. The van der Waals surface area contributed by atoms with Gasteiger partial charge in [-0.1, -0.05) is 12.2 Å². The minimum absolute atomic E-state index is 0.0618. The van der Waals surface area contributed by atoms with Crippen molar-refractivity contribution in [3.8, 4) is 0 Å². The van der Waals surface area contributed by atoms with E-state index in [0.29, 0.717) is 25.7 Å². The van der Waals surface area contributed by atoms with Gasteiger partial charge in [0.05, 0.1) is 11.5 Å². The zero-order chi connectivity index (χ0) is 14.8. The quantitative estimate of drug-likeness (QED) is 0.785. The molecule has 0 spiro atoms. The molecule has 20 heavy (non-hydrogen) atoms. The molecule has 3 nitrogen and oxygen atoms in total. The van der Waals surface area contributed by atoms with E-state index < -0.39 is 17.7 Å². The van der Waals surface area contributed by atoms with Gasteiger partial charge in [0.25, 0.3) is 0 Å². The predicted octanol–water partition coefficient (Wildman–Crippen LogP) is 2.55. The van der Waals surface area contributed by atoms with Gasteiger partial charge < -0.3 is 10.4 Å². The molecule has 2 N–H and O–H groups in total. The maximum atomic E-state index is 12.7. The van der Waals surface area contributed by atoms with Gasteiger partial charge in [0.1, 0.15) is 0 Å². The highest BCUT2D eigenvalue weighted by Crippen LogP contribution is 2.41. The van der Waals surface area contributed by atoms with Crippen LogP contribution in [0.15, 0.2) is 12.2 Å². The van der Waals surface area contributed by atoms with Gasteiger partial charge in [-0.3, -0.25) is 4.79 Å². The molecule has 1 fully saturated rings. The van der Waals surface area contributed by atoms with E-state index in [1.165, 1.54) is 0 Å². The Labute approximate surface area is 116 Å². The SMILES string of the molecule is O=C(NC[C@]1(O)CCC[C@@H](C(F)(F)F)C1)C1CC=CC1. The molecule has 0 aromatic rings. The lowest BCUT2D eigenvalue weighted by Crippen LogP contribution is -2.49. The first-order valence-electron chi connectivity index (χ1n) is 7.02. The van der Waals surface area contributed by atoms with Crippen molar-refractivity contribution in [3.63, 3.8) is 0 Å². The molecule has 2 aliphatic rings. The second-order valence-corrected chi connectivity index (χ2v) is 5.92. The van der Waals surface area contributed by atoms with Gasteiger partial charge in [0.2, 0.25) is 5.91 Å². The number of carbonyl (C=O) groups excluding carboxylic acids is 1. The van der Waals surface area contributed by atoms with E-state index in [1.807, 2.05) is 12.2 Å². The van der Waals surface area contributed by atoms with Crippen LogP contribution in [0.3, 0.4) is 0 Å². The van der Waals surface area contributed by atoms with Crippen LogP contribution in [0.2, 0.25) is 0 Å². The van der Waals surface area contributed by atoms with E-state index in [4.69, 9.17) is 0 Å². The Kier molecular flexibility index (Phi) is 4.42. The summed E-state index contributed by atoms with van der Waals surface area (Å²) in [7, 11) is 0. The third kappa shape index (κ3) is 3.75. The van der Waals surface area contributed by atoms with Crippen molar-refractivity contribution in [2.45, 2.75) is 50.3 Å². The lowest BCUT2D eigenvalue weighted by molar-refractivity contribution is -0.200. The Morgan fingerprint density at radius 1 is 1.35 bits per heavy atom. The van der Waals surface area contributed by atoms with Crippen molar-refractivity contribution < 1.29 is 23.1 Å². The highest BCUT2D eigenvalue weighted by Gasteiger charge is 2.47. The van der Waals surface area contributed by atoms with Crippen molar-refractivity contribution >= 4 is 5.91 Å². The first kappa shape index (κ1) is 15.4. The van der Waals surface area contributed by atoms with E-state index in [2.05, 4.69) is 5.32 Å². The number of hydrogen-bond donors (Lipinski definition) is 2. The summed E-state index contributed by atoms with van der Waals surface area (Å²) in [6, 6.07) is 0. The van der Waals surface area contributed by atoms with Crippen LogP contribution in [0.1, 0.15) is 38.5 Å². The topological polar surface area (TPSA) is 49.3 Å². The molecule has 0 heterocycles. The number of alkyl halides is 3. The van der Waals surface area contributed by atoms with Crippen molar-refractivity contribution in [1.82, 2.24) is 5.32 Å². The van der Waals surface area contributed by atoms with Crippen LogP contribution in [-0.2, 0) is 4.79 Å². The molecule has 2 rings (SSSR count). The molecule has 0 unspecified atom stereocenters. The number of amides is 1. The average Bonchev–Trinajstić information content (AvgIpc) is 2.89. The summed E-state index contributed by atoms with van der Waals surface area (Å²) in [6.07, 6.45) is 1.27. The van der Waals surface area contributed by atoms with Gasteiger partial charge in [-0.2, -0.15) is 13.2 Å². The van der Waals surface area contributed by atoms with Crippen molar-refractivity contribution in [2.75, 3.05) is 6.54 Å². The van der Waals surface area contributed by atoms with Crippen LogP contribution in [0.4, 0.5) is 13.2 Å². The predicted molar refractivity (Wildman–Crippen MR) is 67.8 cm³/mol. The number of allylic oxidation sites excluding steroid dienone is 2. The Morgan fingerprint density at radius 3 is 2.60 bits per heavy atom. The van der Waals surface area contributed by atoms with Crippen LogP contribution in [0, 0.1) is 11.8 Å². The summed E-state index contributed by atoms with van der Waals surface area (Å²) in [6.45, 7) is -0.0884. The second kappa shape index (κ2) is 5.76. The molecule has 114 valence electrons. The fourth-order valence-corrected chi connectivity index (χ4v) is 3.01.